The van der Waals surface area contributed by atoms with Crippen LogP contribution in [0.3, 0.4) is 0 Å². The highest BCUT2D eigenvalue weighted by atomic mass is 32.2. The van der Waals surface area contributed by atoms with Gasteiger partial charge in [-0.3, -0.25) is 4.79 Å². The first kappa shape index (κ1) is 29.0. The molecule has 0 heterocycles. The SMILES string of the molecule is Cc1ccc(S(=O)(=O)N[C@@H]2c3ccccc3C[C@@H]2OC(=O)[C@H](CC(C)C)[C@@H](O)COCc2ccccc2)cc1. The summed E-state index contributed by atoms with van der Waals surface area (Å²) in [5.41, 5.74) is 3.62. The lowest BCUT2D eigenvalue weighted by molar-refractivity contribution is -0.161. The molecule has 4 atom stereocenters. The van der Waals surface area contributed by atoms with Crippen molar-refractivity contribution in [3.8, 4) is 0 Å². The minimum Gasteiger partial charge on any atom is -0.460 e. The number of carbonyl (C=O) groups excluding carboxylic acids is 1. The second-order valence-electron chi connectivity index (χ2n) is 10.6. The van der Waals surface area contributed by atoms with Crippen LogP contribution in [0.2, 0.25) is 0 Å². The van der Waals surface area contributed by atoms with Gasteiger partial charge in [0.05, 0.1) is 36.2 Å². The molecule has 7 nitrogen and oxygen atoms in total. The van der Waals surface area contributed by atoms with Gasteiger partial charge in [-0.15, -0.1) is 0 Å². The van der Waals surface area contributed by atoms with E-state index < -0.39 is 40.2 Å². The molecular formula is C31H37NO6S. The standard InChI is InChI=1S/C31H37NO6S/c1-21(2)17-27(28(33)20-37-19-23-9-5-4-6-10-23)31(34)38-29-18-24-11-7-8-12-26(24)30(29)32-39(35,36)25-15-13-22(3)14-16-25/h4-16,21,27-30,32-33H,17-20H2,1-3H3/t27-,28+,29+,30-/m1/s1. The Morgan fingerprint density at radius 1 is 1.00 bits per heavy atom. The largest absolute Gasteiger partial charge is 0.460 e. The number of aliphatic hydroxyl groups is 1. The van der Waals surface area contributed by atoms with Crippen LogP contribution < -0.4 is 4.72 Å². The maximum Gasteiger partial charge on any atom is 0.312 e. The number of hydrogen-bond acceptors (Lipinski definition) is 6. The van der Waals surface area contributed by atoms with Gasteiger partial charge < -0.3 is 14.6 Å². The van der Waals surface area contributed by atoms with E-state index in [2.05, 4.69) is 4.72 Å². The molecule has 0 saturated heterocycles. The summed E-state index contributed by atoms with van der Waals surface area (Å²) >= 11 is 0. The molecule has 208 valence electrons. The Morgan fingerprint density at radius 3 is 2.36 bits per heavy atom. The zero-order valence-corrected chi connectivity index (χ0v) is 23.4. The molecule has 2 N–H and O–H groups in total. The molecule has 0 aliphatic heterocycles. The number of carbonyl (C=O) groups is 1. The first-order chi connectivity index (χ1) is 18.6. The number of esters is 1. The van der Waals surface area contributed by atoms with E-state index in [0.717, 1.165) is 22.3 Å². The van der Waals surface area contributed by atoms with Gasteiger partial charge in [-0.1, -0.05) is 86.1 Å². The summed E-state index contributed by atoms with van der Waals surface area (Å²) in [6, 6.07) is 22.9. The van der Waals surface area contributed by atoms with Gasteiger partial charge in [-0.25, -0.2) is 8.42 Å². The molecule has 0 fully saturated rings. The molecule has 3 aromatic rings. The third-order valence-corrected chi connectivity index (χ3v) is 8.41. The first-order valence-electron chi connectivity index (χ1n) is 13.3. The highest BCUT2D eigenvalue weighted by molar-refractivity contribution is 7.89. The van der Waals surface area contributed by atoms with Gasteiger partial charge >= 0.3 is 5.97 Å². The lowest BCUT2D eigenvalue weighted by Crippen LogP contribution is -2.40. The Kier molecular flexibility index (Phi) is 9.56. The van der Waals surface area contributed by atoms with Gasteiger partial charge in [-0.2, -0.15) is 4.72 Å². The van der Waals surface area contributed by atoms with Crippen molar-refractivity contribution in [1.82, 2.24) is 4.72 Å². The predicted octanol–water partition coefficient (Wildman–Crippen LogP) is 4.72. The van der Waals surface area contributed by atoms with Crippen molar-refractivity contribution in [2.75, 3.05) is 6.61 Å². The zero-order valence-electron chi connectivity index (χ0n) is 22.6. The fraction of sp³-hybridized carbons (Fsp3) is 0.387. The summed E-state index contributed by atoms with van der Waals surface area (Å²) in [6.07, 6.45) is -1.02. The van der Waals surface area contributed by atoms with Gasteiger partial charge in [0.15, 0.2) is 0 Å². The average Bonchev–Trinajstić information content (AvgIpc) is 3.24. The minimum atomic E-state index is -3.88. The highest BCUT2D eigenvalue weighted by Crippen LogP contribution is 2.35. The molecule has 0 spiro atoms. The quantitative estimate of drug-likeness (QED) is 0.316. The summed E-state index contributed by atoms with van der Waals surface area (Å²) in [5.74, 6) is -1.24. The van der Waals surface area contributed by atoms with Gasteiger partial charge in [0.2, 0.25) is 10.0 Å². The van der Waals surface area contributed by atoms with E-state index >= 15 is 0 Å². The van der Waals surface area contributed by atoms with Crippen molar-refractivity contribution in [1.29, 1.82) is 0 Å². The normalized spacial score (nSPS) is 18.5. The smallest absolute Gasteiger partial charge is 0.312 e. The van der Waals surface area contributed by atoms with Crippen LogP contribution in [0.25, 0.3) is 0 Å². The maximum atomic E-state index is 13.5. The number of sulfonamides is 1. The van der Waals surface area contributed by atoms with Gasteiger partial charge in [0.25, 0.3) is 0 Å². The molecule has 0 radical (unpaired) electrons. The number of nitrogens with one attached hydrogen (secondary N) is 1. The summed E-state index contributed by atoms with van der Waals surface area (Å²) in [7, 11) is -3.88. The Morgan fingerprint density at radius 2 is 1.67 bits per heavy atom. The number of rotatable bonds is 12. The Bertz CT molecular complexity index is 1340. The fourth-order valence-electron chi connectivity index (χ4n) is 4.90. The van der Waals surface area contributed by atoms with Gasteiger partial charge in [-0.05, 0) is 48.1 Å². The average molecular weight is 552 g/mol. The van der Waals surface area contributed by atoms with E-state index in [1.165, 1.54) is 0 Å². The van der Waals surface area contributed by atoms with Crippen LogP contribution in [0.5, 0.6) is 0 Å². The Labute approximate surface area is 231 Å². The number of fused-ring (bicyclic) bond motifs is 1. The van der Waals surface area contributed by atoms with Crippen LogP contribution in [-0.4, -0.2) is 38.3 Å². The third-order valence-electron chi connectivity index (χ3n) is 6.96. The molecule has 3 aromatic carbocycles. The van der Waals surface area contributed by atoms with E-state index in [0.29, 0.717) is 19.4 Å². The molecular weight excluding hydrogens is 514 g/mol. The van der Waals surface area contributed by atoms with Crippen LogP contribution >= 0.6 is 0 Å². The van der Waals surface area contributed by atoms with Crippen LogP contribution in [0.4, 0.5) is 0 Å². The summed E-state index contributed by atoms with van der Waals surface area (Å²) in [4.78, 5) is 13.6. The summed E-state index contributed by atoms with van der Waals surface area (Å²) < 4.78 is 41.0. The molecule has 4 rings (SSSR count). The maximum absolute atomic E-state index is 13.5. The van der Waals surface area contributed by atoms with Crippen LogP contribution in [-0.2, 0) is 37.3 Å². The van der Waals surface area contributed by atoms with E-state index in [4.69, 9.17) is 9.47 Å². The number of hydrogen-bond donors (Lipinski definition) is 2. The summed E-state index contributed by atoms with van der Waals surface area (Å²) in [5, 5.41) is 10.9. The van der Waals surface area contributed by atoms with Crippen LogP contribution in [0.1, 0.15) is 48.6 Å². The van der Waals surface area contributed by atoms with E-state index in [1.807, 2.05) is 75.4 Å². The minimum absolute atomic E-state index is 0.0181. The zero-order chi connectivity index (χ0) is 28.0. The molecule has 0 amide bonds. The van der Waals surface area contributed by atoms with Crippen molar-refractivity contribution < 1.29 is 27.8 Å². The molecule has 8 heteroatoms. The van der Waals surface area contributed by atoms with Crippen molar-refractivity contribution in [2.24, 2.45) is 11.8 Å². The highest BCUT2D eigenvalue weighted by Gasteiger charge is 2.40. The van der Waals surface area contributed by atoms with Crippen molar-refractivity contribution in [3.63, 3.8) is 0 Å². The monoisotopic (exact) mass is 551 g/mol. The number of benzene rings is 3. The molecule has 0 bridgehead atoms. The number of aliphatic hydroxyl groups excluding tert-OH is 1. The topological polar surface area (TPSA) is 102 Å². The van der Waals surface area contributed by atoms with Crippen LogP contribution in [0.15, 0.2) is 83.8 Å². The third kappa shape index (κ3) is 7.54. The molecule has 0 saturated carbocycles. The van der Waals surface area contributed by atoms with E-state index in [9.17, 15) is 18.3 Å². The summed E-state index contributed by atoms with van der Waals surface area (Å²) in [6.45, 7) is 6.14. The molecule has 1 aliphatic rings. The lowest BCUT2D eigenvalue weighted by Gasteiger charge is -2.27. The van der Waals surface area contributed by atoms with Crippen molar-refractivity contribution >= 4 is 16.0 Å². The first-order valence-corrected chi connectivity index (χ1v) is 14.8. The Balaban J connectivity index is 1.49. The second-order valence-corrected chi connectivity index (χ2v) is 12.3. The van der Waals surface area contributed by atoms with Crippen molar-refractivity contribution in [3.05, 3.63) is 101 Å². The van der Waals surface area contributed by atoms with Gasteiger partial charge in [0, 0.05) is 6.42 Å². The van der Waals surface area contributed by atoms with Crippen LogP contribution in [0, 0.1) is 18.8 Å². The predicted molar refractivity (Wildman–Crippen MR) is 149 cm³/mol. The van der Waals surface area contributed by atoms with E-state index in [1.54, 1.807) is 24.3 Å². The lowest BCUT2D eigenvalue weighted by atomic mass is 9.92. The number of ether oxygens (including phenoxy) is 2. The molecule has 39 heavy (non-hydrogen) atoms. The van der Waals surface area contributed by atoms with Crippen molar-refractivity contribution in [2.45, 2.75) is 63.4 Å². The molecule has 0 aromatic heterocycles. The van der Waals surface area contributed by atoms with Gasteiger partial charge in [0.1, 0.15) is 6.10 Å². The fourth-order valence-corrected chi connectivity index (χ4v) is 6.15. The van der Waals surface area contributed by atoms with E-state index in [-0.39, 0.29) is 17.4 Å². The Hall–Kier alpha value is -3.04. The molecule has 1 aliphatic carbocycles. The second kappa shape index (κ2) is 12.9. The number of aryl methyl sites for hydroxylation is 1. The molecule has 0 unspecified atom stereocenters.